The number of methoxy groups -OCH3 is 1. The third kappa shape index (κ3) is 5.91. The monoisotopic (exact) mass is 600 g/mol. The molecule has 3 heteroatoms. The molecule has 0 unspecified atom stereocenters. The molecule has 0 spiro atoms. The van der Waals surface area contributed by atoms with Crippen LogP contribution in [0, 0.1) is 0 Å². The molecule has 1 heterocycles. The summed E-state index contributed by atoms with van der Waals surface area (Å²) in [5, 5.41) is 0. The molecule has 0 radical (unpaired) electrons. The molecule has 4 aromatic rings. The van der Waals surface area contributed by atoms with Crippen LogP contribution in [0.3, 0.4) is 0 Å². The van der Waals surface area contributed by atoms with Crippen molar-refractivity contribution >= 4 is 27.3 Å². The molecule has 1 aliphatic carbocycles. The summed E-state index contributed by atoms with van der Waals surface area (Å²) in [7, 11) is 1.73. The number of halogens is 1. The first-order valence-electron chi connectivity index (χ1n) is 14.8. The van der Waals surface area contributed by atoms with E-state index in [0.29, 0.717) is 0 Å². The Kier molecular flexibility index (Phi) is 9.30. The highest BCUT2D eigenvalue weighted by Gasteiger charge is 2.42. The van der Waals surface area contributed by atoms with Crippen LogP contribution < -0.4 is 4.74 Å². The van der Waals surface area contributed by atoms with Crippen molar-refractivity contribution in [1.82, 2.24) is 0 Å². The predicted octanol–water partition coefficient (Wildman–Crippen LogP) is 12.1. The minimum absolute atomic E-state index is 0.0686. The molecule has 1 nitrogen and oxygen atoms in total. The van der Waals surface area contributed by atoms with Gasteiger partial charge in [-0.2, -0.15) is 0 Å². The summed E-state index contributed by atoms with van der Waals surface area (Å²) >= 11 is 5.51. The average molecular weight is 602 g/mol. The molecular weight excluding hydrogens is 560 g/mol. The fraction of sp³-hybridized carbons (Fsp3) is 0.389. The van der Waals surface area contributed by atoms with Gasteiger partial charge in [0.2, 0.25) is 0 Å². The minimum Gasteiger partial charge on any atom is -0.497 e. The number of thiophene rings is 1. The summed E-state index contributed by atoms with van der Waals surface area (Å²) in [6.07, 6.45) is 12.8. The fourth-order valence-electron chi connectivity index (χ4n) is 6.45. The molecule has 0 amide bonds. The lowest BCUT2D eigenvalue weighted by molar-refractivity contribution is 0.401. The predicted molar refractivity (Wildman–Crippen MR) is 173 cm³/mol. The summed E-state index contributed by atoms with van der Waals surface area (Å²) < 4.78 is 6.62. The fourth-order valence-corrected chi connectivity index (χ4v) is 7.83. The first kappa shape index (κ1) is 28.2. The third-order valence-corrected chi connectivity index (χ3v) is 10.2. The van der Waals surface area contributed by atoms with Gasteiger partial charge >= 0.3 is 0 Å². The largest absolute Gasteiger partial charge is 0.497 e. The molecular formula is C36H41BrOS. The Hall–Kier alpha value is -2.36. The summed E-state index contributed by atoms with van der Waals surface area (Å²) in [4.78, 5) is 1.34. The summed E-state index contributed by atoms with van der Waals surface area (Å²) in [5.41, 5.74) is 9.95. The first-order valence-corrected chi connectivity index (χ1v) is 16.4. The van der Waals surface area contributed by atoms with E-state index >= 15 is 0 Å². The van der Waals surface area contributed by atoms with Crippen molar-refractivity contribution in [2.75, 3.05) is 7.11 Å². The van der Waals surface area contributed by atoms with Crippen LogP contribution in [0.15, 0.2) is 76.6 Å². The van der Waals surface area contributed by atoms with Gasteiger partial charge in [0.1, 0.15) is 5.75 Å². The molecule has 0 saturated carbocycles. The summed E-state index contributed by atoms with van der Waals surface area (Å²) in [5.74, 6) is 0.904. The Morgan fingerprint density at radius 1 is 0.641 bits per heavy atom. The van der Waals surface area contributed by atoms with Gasteiger partial charge in [0.15, 0.2) is 0 Å². The van der Waals surface area contributed by atoms with E-state index in [9.17, 15) is 0 Å². The zero-order valence-corrected chi connectivity index (χ0v) is 26.1. The van der Waals surface area contributed by atoms with E-state index in [1.165, 1.54) is 101 Å². The normalized spacial score (nSPS) is 13.3. The highest BCUT2D eigenvalue weighted by Crippen LogP contribution is 2.56. The highest BCUT2D eigenvalue weighted by atomic mass is 79.9. The van der Waals surface area contributed by atoms with Crippen molar-refractivity contribution in [3.8, 4) is 38.4 Å². The molecule has 0 fully saturated rings. The van der Waals surface area contributed by atoms with E-state index in [4.69, 9.17) is 4.74 Å². The maximum Gasteiger partial charge on any atom is 0.118 e. The third-order valence-electron chi connectivity index (χ3n) is 8.56. The molecule has 204 valence electrons. The van der Waals surface area contributed by atoms with E-state index in [-0.39, 0.29) is 5.41 Å². The number of ether oxygens (including phenoxy) is 1. The molecule has 3 aromatic carbocycles. The minimum atomic E-state index is 0.0686. The highest BCUT2D eigenvalue weighted by molar-refractivity contribution is 9.11. The molecule has 0 saturated heterocycles. The molecule has 0 bridgehead atoms. The van der Waals surface area contributed by atoms with E-state index in [2.05, 4.69) is 103 Å². The number of fused-ring (bicyclic) bond motifs is 3. The second kappa shape index (κ2) is 12.9. The van der Waals surface area contributed by atoms with Crippen molar-refractivity contribution < 1.29 is 4.74 Å². The van der Waals surface area contributed by atoms with Crippen molar-refractivity contribution in [2.24, 2.45) is 0 Å². The van der Waals surface area contributed by atoms with Gasteiger partial charge < -0.3 is 4.74 Å². The second-order valence-corrected chi connectivity index (χ2v) is 13.5. The van der Waals surface area contributed by atoms with Gasteiger partial charge in [-0.25, -0.2) is 0 Å². The lowest BCUT2D eigenvalue weighted by Crippen LogP contribution is -2.25. The molecule has 0 N–H and O–H groups in total. The van der Waals surface area contributed by atoms with Crippen molar-refractivity contribution in [3.05, 3.63) is 87.7 Å². The van der Waals surface area contributed by atoms with Crippen molar-refractivity contribution in [1.29, 1.82) is 0 Å². The Morgan fingerprint density at radius 2 is 1.21 bits per heavy atom. The van der Waals surface area contributed by atoms with Crippen molar-refractivity contribution in [2.45, 2.75) is 83.5 Å². The number of rotatable bonds is 13. The molecule has 1 aliphatic rings. The zero-order valence-electron chi connectivity index (χ0n) is 23.7. The van der Waals surface area contributed by atoms with Crippen LogP contribution in [0.4, 0.5) is 0 Å². The summed E-state index contributed by atoms with van der Waals surface area (Å²) in [6.45, 7) is 4.63. The number of benzene rings is 3. The van der Waals surface area contributed by atoms with Crippen LogP contribution in [-0.4, -0.2) is 7.11 Å². The average Bonchev–Trinajstić information content (AvgIpc) is 3.52. The number of hydrogen-bond donors (Lipinski definition) is 0. The van der Waals surface area contributed by atoms with Crippen LogP contribution in [0.2, 0.25) is 0 Å². The molecule has 5 rings (SSSR count). The van der Waals surface area contributed by atoms with Crippen molar-refractivity contribution in [3.63, 3.8) is 0 Å². The van der Waals surface area contributed by atoms with Gasteiger partial charge in [0.25, 0.3) is 0 Å². The lowest BCUT2D eigenvalue weighted by atomic mass is 9.70. The maximum atomic E-state index is 5.43. The van der Waals surface area contributed by atoms with Gasteiger partial charge in [0.05, 0.1) is 10.9 Å². The van der Waals surface area contributed by atoms with Gasteiger partial charge in [-0.15, -0.1) is 11.3 Å². The van der Waals surface area contributed by atoms with Gasteiger partial charge in [0, 0.05) is 10.3 Å². The Labute approximate surface area is 247 Å². The molecule has 39 heavy (non-hydrogen) atoms. The molecule has 0 aliphatic heterocycles. The smallest absolute Gasteiger partial charge is 0.118 e. The molecule has 1 aromatic heterocycles. The Bertz CT molecular complexity index is 1370. The van der Waals surface area contributed by atoms with Crippen LogP contribution in [-0.2, 0) is 5.41 Å². The van der Waals surface area contributed by atoms with E-state index in [0.717, 1.165) is 5.75 Å². The number of unbranched alkanes of at least 4 members (excludes halogenated alkanes) is 6. The van der Waals surface area contributed by atoms with Gasteiger partial charge in [-0.3, -0.25) is 0 Å². The SMILES string of the molecule is CCCCCCC1(CCCCCC)c2cc(-c3ccc(OC)cc3)ccc2-c2ccc(-c3ccc(Br)s3)cc21. The molecule has 0 atom stereocenters. The van der Waals surface area contributed by atoms with Gasteiger partial charge in [-0.05, 0) is 104 Å². The standard InChI is InChI=1S/C36H41BrOS/c1-4-6-8-10-22-36(23-11-9-7-5-2)32-24-27(26-12-16-29(38-3)17-13-26)14-18-30(32)31-19-15-28(25-33(31)36)34-20-21-35(37)39-34/h12-21,24-25H,4-11,22-23H2,1-3H3. The Balaban J connectivity index is 1.63. The number of hydrogen-bond acceptors (Lipinski definition) is 2. The van der Waals surface area contributed by atoms with E-state index in [1.54, 1.807) is 18.2 Å². The zero-order chi connectivity index (χ0) is 27.2. The second-order valence-electron chi connectivity index (χ2n) is 11.1. The first-order chi connectivity index (χ1) is 19.1. The Morgan fingerprint density at radius 3 is 1.74 bits per heavy atom. The van der Waals surface area contributed by atoms with Crippen LogP contribution >= 0.6 is 27.3 Å². The van der Waals surface area contributed by atoms with E-state index in [1.807, 2.05) is 11.3 Å². The topological polar surface area (TPSA) is 9.23 Å². The summed E-state index contributed by atoms with van der Waals surface area (Å²) in [6, 6.07) is 27.5. The lowest BCUT2D eigenvalue weighted by Gasteiger charge is -2.33. The van der Waals surface area contributed by atoms with E-state index < -0.39 is 0 Å². The van der Waals surface area contributed by atoms with Crippen LogP contribution in [0.5, 0.6) is 5.75 Å². The maximum absolute atomic E-state index is 5.43. The quantitative estimate of drug-likeness (QED) is 0.139. The van der Waals surface area contributed by atoms with Crippen LogP contribution in [0.25, 0.3) is 32.7 Å². The van der Waals surface area contributed by atoms with Gasteiger partial charge in [-0.1, -0.05) is 102 Å². The van der Waals surface area contributed by atoms with Crippen LogP contribution in [0.1, 0.15) is 89.2 Å².